The second-order valence-electron chi connectivity index (χ2n) is 4.26. The van der Waals surface area contributed by atoms with Gasteiger partial charge in [0.25, 0.3) is 0 Å². The zero-order chi connectivity index (χ0) is 14.1. The van der Waals surface area contributed by atoms with E-state index in [0.717, 1.165) is 11.4 Å². The maximum Gasteiger partial charge on any atom is 0.169 e. The monoisotopic (exact) mass is 285 g/mol. The van der Waals surface area contributed by atoms with Crippen LogP contribution in [0.2, 0.25) is 5.02 Å². The minimum absolute atomic E-state index is 0.184. The number of nitrogens with one attached hydrogen (secondary N) is 1. The first-order valence-electron chi connectivity index (χ1n) is 6.93. The molecule has 1 aromatic carbocycles. The minimum Gasteiger partial charge on any atom is -0.352 e. The van der Waals surface area contributed by atoms with E-state index in [1.165, 1.54) is 5.56 Å². The fourth-order valence-electron chi connectivity index (χ4n) is 1.97. The van der Waals surface area contributed by atoms with Gasteiger partial charge in [-0.25, -0.2) is 0 Å². The number of ether oxygens (including phenoxy) is 2. The lowest BCUT2D eigenvalue weighted by atomic mass is 10.0. The van der Waals surface area contributed by atoms with Gasteiger partial charge in [-0.05, 0) is 38.0 Å². The largest absolute Gasteiger partial charge is 0.352 e. The van der Waals surface area contributed by atoms with Crippen LogP contribution in [0, 0.1) is 0 Å². The quantitative estimate of drug-likeness (QED) is 0.701. The molecule has 1 rings (SSSR count). The Hall–Kier alpha value is -0.610. The lowest BCUT2D eigenvalue weighted by molar-refractivity contribution is -0.133. The van der Waals surface area contributed by atoms with Crippen molar-refractivity contribution in [3.63, 3.8) is 0 Å². The predicted octanol–water partition coefficient (Wildman–Crippen LogP) is 3.78. The Kier molecular flexibility index (Phi) is 8.07. The van der Waals surface area contributed by atoms with E-state index in [1.54, 1.807) is 0 Å². The van der Waals surface area contributed by atoms with Gasteiger partial charge in [0, 0.05) is 30.8 Å². The van der Waals surface area contributed by atoms with Crippen molar-refractivity contribution in [2.24, 2.45) is 0 Å². The molecule has 0 saturated heterocycles. The molecule has 0 aliphatic heterocycles. The summed E-state index contributed by atoms with van der Waals surface area (Å²) < 4.78 is 11.1. The zero-order valence-electron chi connectivity index (χ0n) is 12.0. The van der Waals surface area contributed by atoms with Crippen LogP contribution >= 0.6 is 11.6 Å². The Morgan fingerprint density at radius 2 is 1.63 bits per heavy atom. The van der Waals surface area contributed by atoms with Gasteiger partial charge in [-0.2, -0.15) is 0 Å². The minimum atomic E-state index is -0.184. The van der Waals surface area contributed by atoms with Crippen LogP contribution in [0.25, 0.3) is 0 Å². The fraction of sp³-hybridized carbons (Fsp3) is 0.600. The Labute approximate surface area is 121 Å². The molecule has 3 nitrogen and oxygen atoms in total. The topological polar surface area (TPSA) is 30.5 Å². The van der Waals surface area contributed by atoms with Gasteiger partial charge in [0.1, 0.15) is 0 Å². The van der Waals surface area contributed by atoms with E-state index in [4.69, 9.17) is 21.1 Å². The number of benzene rings is 1. The summed E-state index contributed by atoms with van der Waals surface area (Å²) in [6, 6.07) is 8.24. The number of hydrogen-bond acceptors (Lipinski definition) is 3. The lowest BCUT2D eigenvalue weighted by Crippen LogP contribution is -2.33. The molecule has 1 unspecified atom stereocenters. The second-order valence-corrected chi connectivity index (χ2v) is 4.70. The van der Waals surface area contributed by atoms with E-state index in [2.05, 4.69) is 24.4 Å². The molecule has 0 spiro atoms. The van der Waals surface area contributed by atoms with E-state index in [9.17, 15) is 0 Å². The summed E-state index contributed by atoms with van der Waals surface area (Å²) in [6.45, 7) is 8.10. The van der Waals surface area contributed by atoms with Gasteiger partial charge >= 0.3 is 0 Å². The first kappa shape index (κ1) is 16.4. The van der Waals surface area contributed by atoms with Gasteiger partial charge in [0.05, 0.1) is 0 Å². The molecule has 19 heavy (non-hydrogen) atoms. The van der Waals surface area contributed by atoms with Gasteiger partial charge in [0.2, 0.25) is 0 Å². The highest BCUT2D eigenvalue weighted by atomic mass is 35.5. The van der Waals surface area contributed by atoms with Gasteiger partial charge in [-0.15, -0.1) is 0 Å². The predicted molar refractivity (Wildman–Crippen MR) is 79.5 cm³/mol. The summed E-state index contributed by atoms with van der Waals surface area (Å²) in [6.07, 6.45) is 0.823. The zero-order valence-corrected chi connectivity index (χ0v) is 12.7. The fourth-order valence-corrected chi connectivity index (χ4v) is 2.10. The molecule has 0 bridgehead atoms. The van der Waals surface area contributed by atoms with E-state index < -0.39 is 0 Å². The Morgan fingerprint density at radius 3 is 2.11 bits per heavy atom. The maximum absolute atomic E-state index is 5.91. The van der Waals surface area contributed by atoms with Crippen molar-refractivity contribution in [3.8, 4) is 0 Å². The highest BCUT2D eigenvalue weighted by molar-refractivity contribution is 6.30. The highest BCUT2D eigenvalue weighted by Gasteiger charge is 2.13. The molecule has 0 aromatic heterocycles. The molecular formula is C15H24ClNO2. The molecule has 1 N–H and O–H groups in total. The SMILES string of the molecule is CCOC(CNC(CC)c1ccc(Cl)cc1)OCC. The summed E-state index contributed by atoms with van der Waals surface area (Å²) in [7, 11) is 0. The van der Waals surface area contributed by atoms with Crippen LogP contribution in [-0.4, -0.2) is 26.0 Å². The third-order valence-electron chi connectivity index (χ3n) is 2.92. The van der Waals surface area contributed by atoms with Crippen molar-refractivity contribution in [2.45, 2.75) is 39.5 Å². The van der Waals surface area contributed by atoms with Crippen molar-refractivity contribution in [1.82, 2.24) is 5.32 Å². The smallest absolute Gasteiger partial charge is 0.169 e. The third-order valence-corrected chi connectivity index (χ3v) is 3.17. The van der Waals surface area contributed by atoms with Gasteiger partial charge in [-0.1, -0.05) is 30.7 Å². The summed E-state index contributed by atoms with van der Waals surface area (Å²) in [5, 5.41) is 4.25. The lowest BCUT2D eigenvalue weighted by Gasteiger charge is -2.22. The molecule has 0 heterocycles. The molecule has 0 saturated carbocycles. The number of halogens is 1. The maximum atomic E-state index is 5.91. The van der Waals surface area contributed by atoms with E-state index >= 15 is 0 Å². The van der Waals surface area contributed by atoms with E-state index in [-0.39, 0.29) is 6.29 Å². The van der Waals surface area contributed by atoms with Crippen molar-refractivity contribution < 1.29 is 9.47 Å². The van der Waals surface area contributed by atoms with E-state index in [0.29, 0.717) is 25.8 Å². The van der Waals surface area contributed by atoms with Crippen molar-refractivity contribution in [2.75, 3.05) is 19.8 Å². The Morgan fingerprint density at radius 1 is 1.05 bits per heavy atom. The molecule has 4 heteroatoms. The molecule has 0 amide bonds. The van der Waals surface area contributed by atoms with Crippen molar-refractivity contribution in [3.05, 3.63) is 34.9 Å². The van der Waals surface area contributed by atoms with Crippen molar-refractivity contribution in [1.29, 1.82) is 0 Å². The second kappa shape index (κ2) is 9.32. The Bertz CT molecular complexity index is 337. The van der Waals surface area contributed by atoms with Crippen LogP contribution in [0.3, 0.4) is 0 Å². The molecular weight excluding hydrogens is 262 g/mol. The van der Waals surface area contributed by atoms with Crippen LogP contribution in [0.4, 0.5) is 0 Å². The number of hydrogen-bond donors (Lipinski definition) is 1. The first-order chi connectivity index (χ1) is 9.21. The molecule has 0 aliphatic carbocycles. The molecule has 1 aromatic rings. The first-order valence-corrected chi connectivity index (χ1v) is 7.31. The summed E-state index contributed by atoms with van der Waals surface area (Å²) >= 11 is 5.91. The average molecular weight is 286 g/mol. The van der Waals surface area contributed by atoms with Gasteiger partial charge in [0.15, 0.2) is 6.29 Å². The highest BCUT2D eigenvalue weighted by Crippen LogP contribution is 2.19. The van der Waals surface area contributed by atoms with Gasteiger partial charge < -0.3 is 14.8 Å². The summed E-state index contributed by atoms with van der Waals surface area (Å²) in [4.78, 5) is 0. The number of rotatable bonds is 9. The molecule has 0 radical (unpaired) electrons. The summed E-state index contributed by atoms with van der Waals surface area (Å²) in [5.74, 6) is 0. The molecule has 0 aliphatic rings. The van der Waals surface area contributed by atoms with Crippen LogP contribution in [0.5, 0.6) is 0 Å². The van der Waals surface area contributed by atoms with Crippen LogP contribution in [-0.2, 0) is 9.47 Å². The molecule has 108 valence electrons. The van der Waals surface area contributed by atoms with Gasteiger partial charge in [-0.3, -0.25) is 0 Å². The summed E-state index contributed by atoms with van der Waals surface area (Å²) in [5.41, 5.74) is 1.23. The normalized spacial score (nSPS) is 12.9. The standard InChI is InChI=1S/C15H24ClNO2/c1-4-14(12-7-9-13(16)10-8-12)17-11-15(18-5-2)19-6-3/h7-10,14-15,17H,4-6,11H2,1-3H3. The molecule has 0 fully saturated rings. The van der Waals surface area contributed by atoms with Crippen molar-refractivity contribution >= 4 is 11.6 Å². The molecule has 1 atom stereocenters. The van der Waals surface area contributed by atoms with Crippen LogP contribution in [0.15, 0.2) is 24.3 Å². The van der Waals surface area contributed by atoms with Crippen LogP contribution in [0.1, 0.15) is 38.8 Å². The van der Waals surface area contributed by atoms with E-state index in [1.807, 2.05) is 26.0 Å². The Balaban J connectivity index is 2.53. The van der Waals surface area contributed by atoms with Crippen LogP contribution < -0.4 is 5.32 Å². The average Bonchev–Trinajstić information content (AvgIpc) is 2.41. The third kappa shape index (κ3) is 5.91.